The van der Waals surface area contributed by atoms with E-state index >= 15 is 0 Å². The van der Waals surface area contributed by atoms with Crippen molar-refractivity contribution in [2.75, 3.05) is 36.4 Å². The van der Waals surface area contributed by atoms with Gasteiger partial charge in [0, 0.05) is 38.1 Å². The summed E-state index contributed by atoms with van der Waals surface area (Å²) in [5.41, 5.74) is 4.58. The molecule has 0 aliphatic carbocycles. The number of hydrogen-bond acceptors (Lipinski definition) is 5. The largest absolute Gasteiger partial charge is 0.373 e. The number of amides is 1. The Morgan fingerprint density at radius 2 is 1.76 bits per heavy atom. The lowest BCUT2D eigenvalue weighted by Crippen LogP contribution is -2.44. The molecule has 0 radical (unpaired) electrons. The summed E-state index contributed by atoms with van der Waals surface area (Å²) in [5.74, 6) is -0.507. The van der Waals surface area contributed by atoms with Gasteiger partial charge in [0.25, 0.3) is 5.91 Å². The number of anilines is 2. The van der Waals surface area contributed by atoms with Gasteiger partial charge in [-0.2, -0.15) is 10.5 Å². The van der Waals surface area contributed by atoms with E-state index < -0.39 is 5.91 Å². The normalized spacial score (nSPS) is 14.1. The lowest BCUT2D eigenvalue weighted by molar-refractivity contribution is -0.112. The summed E-state index contributed by atoms with van der Waals surface area (Å²) < 4.78 is 0. The molecule has 1 amide bonds. The fourth-order valence-corrected chi connectivity index (χ4v) is 3.37. The molecule has 1 aliphatic heterocycles. The Balaban J connectivity index is 1.66. The second-order valence-electron chi connectivity index (χ2n) is 7.01. The predicted octanol–water partition coefficient (Wildman–Crippen LogP) is 3.34. The number of carbonyl (C=O) groups excluding carboxylic acids is 1. The third-order valence-electron chi connectivity index (χ3n) is 5.20. The minimum absolute atomic E-state index is 0.0259. The summed E-state index contributed by atoms with van der Waals surface area (Å²) in [4.78, 5) is 16.8. The quantitative estimate of drug-likeness (QED) is 0.645. The number of piperazine rings is 1. The van der Waals surface area contributed by atoms with Gasteiger partial charge in [-0.3, -0.25) is 4.79 Å². The van der Waals surface area contributed by atoms with E-state index in [0.29, 0.717) is 11.3 Å². The van der Waals surface area contributed by atoms with Crippen LogP contribution in [-0.4, -0.2) is 37.0 Å². The zero-order valence-electron chi connectivity index (χ0n) is 16.6. The topological polar surface area (TPSA) is 83.2 Å². The number of aryl methyl sites for hydroxylation is 1. The minimum Gasteiger partial charge on any atom is -0.373 e. The number of benzene rings is 2. The smallest absolute Gasteiger partial charge is 0.267 e. The Labute approximate surface area is 171 Å². The molecule has 0 unspecified atom stereocenters. The first-order valence-corrected chi connectivity index (χ1v) is 9.51. The number of nitriles is 2. The summed E-state index contributed by atoms with van der Waals surface area (Å²) in [7, 11) is 0. The monoisotopic (exact) mass is 385 g/mol. The van der Waals surface area contributed by atoms with Crippen LogP contribution in [0, 0.1) is 36.5 Å². The van der Waals surface area contributed by atoms with Gasteiger partial charge in [0.2, 0.25) is 0 Å². The van der Waals surface area contributed by atoms with E-state index in [1.807, 2.05) is 17.0 Å². The van der Waals surface area contributed by atoms with Crippen LogP contribution < -0.4 is 10.2 Å². The molecule has 1 aliphatic rings. The number of rotatable bonds is 4. The molecular weight excluding hydrogens is 362 g/mol. The van der Waals surface area contributed by atoms with Crippen LogP contribution >= 0.6 is 0 Å². The molecule has 0 aromatic heterocycles. The van der Waals surface area contributed by atoms with Crippen molar-refractivity contribution in [1.29, 1.82) is 10.5 Å². The van der Waals surface area contributed by atoms with E-state index in [1.165, 1.54) is 16.8 Å². The van der Waals surface area contributed by atoms with Crippen LogP contribution in [0.4, 0.5) is 11.4 Å². The molecule has 1 saturated heterocycles. The Bertz CT molecular complexity index is 1020. The molecule has 29 heavy (non-hydrogen) atoms. The average Bonchev–Trinajstić information content (AvgIpc) is 2.75. The number of nitrogens with one attached hydrogen (secondary N) is 1. The molecular formula is C23H23N5O. The lowest BCUT2D eigenvalue weighted by Gasteiger charge is -2.36. The fraction of sp³-hybridized carbons (Fsp3) is 0.261. The van der Waals surface area contributed by atoms with E-state index in [1.54, 1.807) is 30.5 Å². The zero-order valence-corrected chi connectivity index (χ0v) is 16.6. The van der Waals surface area contributed by atoms with Crippen molar-refractivity contribution in [2.45, 2.75) is 13.8 Å². The molecule has 3 rings (SSSR count). The SMILES string of the molecule is Cc1cccc(N2CCN(/C=C(/C#N)C(=O)Nc3ccccc3C#N)CC2)c1C. The predicted molar refractivity (Wildman–Crippen MR) is 113 cm³/mol. The zero-order chi connectivity index (χ0) is 20.8. The minimum atomic E-state index is -0.507. The maximum absolute atomic E-state index is 12.5. The van der Waals surface area contributed by atoms with Gasteiger partial charge < -0.3 is 15.1 Å². The summed E-state index contributed by atoms with van der Waals surface area (Å²) >= 11 is 0. The van der Waals surface area contributed by atoms with Crippen LogP contribution in [0.2, 0.25) is 0 Å². The van der Waals surface area contributed by atoms with E-state index in [2.05, 4.69) is 42.3 Å². The number of carbonyl (C=O) groups is 1. The Kier molecular flexibility index (Phi) is 6.16. The highest BCUT2D eigenvalue weighted by Gasteiger charge is 2.19. The van der Waals surface area contributed by atoms with E-state index in [-0.39, 0.29) is 5.57 Å². The maximum atomic E-state index is 12.5. The van der Waals surface area contributed by atoms with Crippen molar-refractivity contribution in [3.05, 3.63) is 70.9 Å². The molecule has 0 atom stereocenters. The highest BCUT2D eigenvalue weighted by Crippen LogP contribution is 2.24. The van der Waals surface area contributed by atoms with Crippen molar-refractivity contribution in [1.82, 2.24) is 4.90 Å². The van der Waals surface area contributed by atoms with Gasteiger partial charge in [-0.05, 0) is 43.2 Å². The first-order valence-electron chi connectivity index (χ1n) is 9.51. The Morgan fingerprint density at radius 1 is 1.03 bits per heavy atom. The molecule has 2 aromatic carbocycles. The number of nitrogens with zero attached hydrogens (tertiary/aromatic N) is 4. The van der Waals surface area contributed by atoms with Gasteiger partial charge in [-0.25, -0.2) is 0 Å². The van der Waals surface area contributed by atoms with Crippen LogP contribution in [0.25, 0.3) is 0 Å². The molecule has 146 valence electrons. The van der Waals surface area contributed by atoms with Crippen LogP contribution in [0.5, 0.6) is 0 Å². The molecule has 0 bridgehead atoms. The van der Waals surface area contributed by atoms with Gasteiger partial charge in [0.15, 0.2) is 0 Å². The highest BCUT2D eigenvalue weighted by molar-refractivity contribution is 6.07. The third-order valence-corrected chi connectivity index (χ3v) is 5.20. The molecule has 6 heteroatoms. The summed E-state index contributed by atoms with van der Waals surface area (Å²) in [6.07, 6.45) is 1.62. The lowest BCUT2D eigenvalue weighted by atomic mass is 10.1. The second-order valence-corrected chi connectivity index (χ2v) is 7.01. The van der Waals surface area contributed by atoms with Crippen molar-refractivity contribution >= 4 is 17.3 Å². The molecule has 0 saturated carbocycles. The Hall–Kier alpha value is -3.77. The third kappa shape index (κ3) is 4.56. The molecule has 1 fully saturated rings. The van der Waals surface area contributed by atoms with Gasteiger partial charge in [0.1, 0.15) is 17.7 Å². The number of para-hydroxylation sites is 1. The first-order chi connectivity index (χ1) is 14.0. The van der Waals surface area contributed by atoms with Gasteiger partial charge >= 0.3 is 0 Å². The number of hydrogen-bond donors (Lipinski definition) is 1. The van der Waals surface area contributed by atoms with Crippen LogP contribution in [-0.2, 0) is 4.79 Å². The maximum Gasteiger partial charge on any atom is 0.267 e. The van der Waals surface area contributed by atoms with E-state index in [0.717, 1.165) is 26.2 Å². The fourth-order valence-electron chi connectivity index (χ4n) is 3.37. The molecule has 0 spiro atoms. The van der Waals surface area contributed by atoms with Crippen molar-refractivity contribution < 1.29 is 4.79 Å². The molecule has 6 nitrogen and oxygen atoms in total. The van der Waals surface area contributed by atoms with Crippen LogP contribution in [0.1, 0.15) is 16.7 Å². The molecule has 2 aromatic rings. The van der Waals surface area contributed by atoms with Crippen molar-refractivity contribution in [3.8, 4) is 12.1 Å². The standard InChI is InChI=1S/C23H23N5O/c1-17-6-5-9-22(18(17)2)28-12-10-27(11-13-28)16-20(15-25)23(29)26-21-8-4-3-7-19(21)14-24/h3-9,16H,10-13H2,1-2H3,(H,26,29)/b20-16-. The average molecular weight is 385 g/mol. The summed E-state index contributed by atoms with van der Waals surface area (Å²) in [5, 5.41) is 21.3. The van der Waals surface area contributed by atoms with Gasteiger partial charge in [-0.1, -0.05) is 24.3 Å². The van der Waals surface area contributed by atoms with Crippen molar-refractivity contribution in [3.63, 3.8) is 0 Å². The van der Waals surface area contributed by atoms with E-state index in [4.69, 9.17) is 5.26 Å². The van der Waals surface area contributed by atoms with Crippen molar-refractivity contribution in [2.24, 2.45) is 0 Å². The summed E-state index contributed by atoms with van der Waals surface area (Å²) in [6, 6.07) is 17.1. The first kappa shape index (κ1) is 20.0. The van der Waals surface area contributed by atoms with Gasteiger partial charge in [-0.15, -0.1) is 0 Å². The summed E-state index contributed by atoms with van der Waals surface area (Å²) in [6.45, 7) is 7.33. The second kappa shape index (κ2) is 8.95. The highest BCUT2D eigenvalue weighted by atomic mass is 16.1. The molecule has 1 heterocycles. The Morgan fingerprint density at radius 3 is 2.45 bits per heavy atom. The molecule has 1 N–H and O–H groups in total. The van der Waals surface area contributed by atoms with Crippen LogP contribution in [0.3, 0.4) is 0 Å². The van der Waals surface area contributed by atoms with Gasteiger partial charge in [0.05, 0.1) is 11.3 Å². The van der Waals surface area contributed by atoms with E-state index in [9.17, 15) is 10.1 Å². The van der Waals surface area contributed by atoms with Crippen LogP contribution in [0.15, 0.2) is 54.2 Å².